The fraction of sp³-hybridized carbons (Fsp3) is 0.786. The second-order valence-corrected chi connectivity index (χ2v) is 5.74. The molecule has 2 atom stereocenters. The van der Waals surface area contributed by atoms with Gasteiger partial charge < -0.3 is 21.5 Å². The predicted molar refractivity (Wildman–Crippen MR) is 79.7 cm³/mol. The van der Waals surface area contributed by atoms with E-state index in [1.807, 2.05) is 6.92 Å². The lowest BCUT2D eigenvalue weighted by atomic mass is 10.0. The Kier molecular flexibility index (Phi) is 9.16. The van der Waals surface area contributed by atoms with Crippen LogP contribution in [-0.2, 0) is 9.59 Å². The third kappa shape index (κ3) is 10.6. The molecule has 21 heavy (non-hydrogen) atoms. The molecule has 122 valence electrons. The molecule has 5 N–H and O–H groups in total. The molecule has 0 aromatic heterocycles. The summed E-state index contributed by atoms with van der Waals surface area (Å²) < 4.78 is 0. The second-order valence-electron chi connectivity index (χ2n) is 5.74. The van der Waals surface area contributed by atoms with Crippen LogP contribution in [0, 0.1) is 5.92 Å². The Morgan fingerprint density at radius 1 is 1.05 bits per heavy atom. The van der Waals surface area contributed by atoms with Crippen LogP contribution in [0.4, 0.5) is 4.79 Å². The minimum Gasteiger partial charge on any atom is -0.480 e. The molecule has 1 unspecified atom stereocenters. The number of aliphatic carboxylic acids is 1. The summed E-state index contributed by atoms with van der Waals surface area (Å²) in [5.74, 6) is -1.15. The summed E-state index contributed by atoms with van der Waals surface area (Å²) in [4.78, 5) is 33.4. The molecular weight excluding hydrogens is 274 g/mol. The number of amides is 3. The van der Waals surface area contributed by atoms with E-state index in [0.29, 0.717) is 5.92 Å². The monoisotopic (exact) mass is 301 g/mol. The molecule has 7 heteroatoms. The molecular formula is C14H27N3O4. The summed E-state index contributed by atoms with van der Waals surface area (Å²) in [5, 5.41) is 14.0. The van der Waals surface area contributed by atoms with E-state index >= 15 is 0 Å². The summed E-state index contributed by atoms with van der Waals surface area (Å²) in [7, 11) is 0. The van der Waals surface area contributed by atoms with Crippen molar-refractivity contribution in [3.05, 3.63) is 0 Å². The summed E-state index contributed by atoms with van der Waals surface area (Å²) in [5.41, 5.74) is 4.97. The number of nitrogens with one attached hydrogen (secondary N) is 2. The largest absolute Gasteiger partial charge is 0.480 e. The Hall–Kier alpha value is -1.79. The highest BCUT2D eigenvalue weighted by Crippen LogP contribution is 2.08. The number of rotatable bonds is 10. The van der Waals surface area contributed by atoms with Gasteiger partial charge in [-0.25, -0.2) is 9.59 Å². The van der Waals surface area contributed by atoms with Crippen molar-refractivity contribution in [2.45, 2.75) is 65.0 Å². The molecule has 0 aliphatic rings. The number of hydrogen-bond acceptors (Lipinski definition) is 3. The SMILES string of the molecule is CC(C)CCCC(C)NC(=O)N[C@@H](CCC(N)=O)C(=O)O. The summed E-state index contributed by atoms with van der Waals surface area (Å²) >= 11 is 0. The molecule has 7 nitrogen and oxygen atoms in total. The number of nitrogens with two attached hydrogens (primary N) is 1. The van der Waals surface area contributed by atoms with E-state index in [4.69, 9.17) is 10.8 Å². The zero-order chi connectivity index (χ0) is 16.4. The smallest absolute Gasteiger partial charge is 0.326 e. The number of carbonyl (C=O) groups is 3. The van der Waals surface area contributed by atoms with Crippen LogP contribution < -0.4 is 16.4 Å². The van der Waals surface area contributed by atoms with Crippen LogP contribution in [0.25, 0.3) is 0 Å². The molecule has 0 aromatic rings. The molecule has 0 rings (SSSR count). The number of hydrogen-bond donors (Lipinski definition) is 4. The maximum absolute atomic E-state index is 11.7. The first-order chi connectivity index (χ1) is 9.72. The topological polar surface area (TPSA) is 122 Å². The Morgan fingerprint density at radius 3 is 2.14 bits per heavy atom. The Bertz CT molecular complexity index is 358. The van der Waals surface area contributed by atoms with Crippen molar-refractivity contribution in [2.24, 2.45) is 11.7 Å². The van der Waals surface area contributed by atoms with Gasteiger partial charge in [0.2, 0.25) is 5.91 Å². The van der Waals surface area contributed by atoms with Crippen molar-refractivity contribution in [3.8, 4) is 0 Å². The molecule has 0 spiro atoms. The van der Waals surface area contributed by atoms with Crippen LogP contribution >= 0.6 is 0 Å². The van der Waals surface area contributed by atoms with Crippen molar-refractivity contribution in [3.63, 3.8) is 0 Å². The maximum atomic E-state index is 11.7. The van der Waals surface area contributed by atoms with Gasteiger partial charge in [-0.1, -0.05) is 26.7 Å². The third-order valence-electron chi connectivity index (χ3n) is 3.08. The van der Waals surface area contributed by atoms with Crippen LogP contribution in [0.2, 0.25) is 0 Å². The molecule has 0 aromatic carbocycles. The first kappa shape index (κ1) is 19.2. The van der Waals surface area contributed by atoms with Crippen molar-refractivity contribution in [2.75, 3.05) is 0 Å². The van der Waals surface area contributed by atoms with Gasteiger partial charge in [0.15, 0.2) is 0 Å². The molecule has 0 heterocycles. The Labute approximate surface area is 125 Å². The number of carboxylic acid groups (broad SMARTS) is 1. The Morgan fingerprint density at radius 2 is 1.67 bits per heavy atom. The van der Waals surface area contributed by atoms with Crippen LogP contribution in [0.5, 0.6) is 0 Å². The van der Waals surface area contributed by atoms with E-state index in [1.54, 1.807) is 0 Å². The van der Waals surface area contributed by atoms with Crippen molar-refractivity contribution in [1.82, 2.24) is 10.6 Å². The van der Waals surface area contributed by atoms with Crippen LogP contribution in [0.3, 0.4) is 0 Å². The van der Waals surface area contributed by atoms with Gasteiger partial charge in [0, 0.05) is 12.5 Å². The lowest BCUT2D eigenvalue weighted by molar-refractivity contribution is -0.139. The van der Waals surface area contributed by atoms with E-state index in [0.717, 1.165) is 19.3 Å². The van der Waals surface area contributed by atoms with Gasteiger partial charge in [0.25, 0.3) is 0 Å². The van der Waals surface area contributed by atoms with E-state index in [-0.39, 0.29) is 18.9 Å². The molecule has 0 fully saturated rings. The van der Waals surface area contributed by atoms with E-state index in [1.165, 1.54) is 0 Å². The minimum absolute atomic E-state index is 0.0141. The lowest BCUT2D eigenvalue weighted by Gasteiger charge is -2.18. The predicted octanol–water partition coefficient (Wildman–Crippen LogP) is 1.22. The second kappa shape index (κ2) is 10.0. The lowest BCUT2D eigenvalue weighted by Crippen LogP contribution is -2.48. The summed E-state index contributed by atoms with van der Waals surface area (Å²) in [6.45, 7) is 6.15. The van der Waals surface area contributed by atoms with Gasteiger partial charge in [-0.2, -0.15) is 0 Å². The van der Waals surface area contributed by atoms with Crippen LogP contribution in [0.1, 0.15) is 52.9 Å². The highest BCUT2D eigenvalue weighted by molar-refractivity contribution is 5.83. The molecule has 0 radical (unpaired) electrons. The quantitative estimate of drug-likeness (QED) is 0.484. The number of urea groups is 1. The van der Waals surface area contributed by atoms with E-state index < -0.39 is 23.9 Å². The zero-order valence-corrected chi connectivity index (χ0v) is 13.0. The maximum Gasteiger partial charge on any atom is 0.326 e. The summed E-state index contributed by atoms with van der Waals surface area (Å²) in [6, 6.07) is -1.68. The molecule has 0 bridgehead atoms. The average Bonchev–Trinajstić information content (AvgIpc) is 2.33. The molecule has 3 amide bonds. The zero-order valence-electron chi connectivity index (χ0n) is 13.0. The highest BCUT2D eigenvalue weighted by atomic mass is 16.4. The van der Waals surface area contributed by atoms with Gasteiger partial charge in [-0.3, -0.25) is 4.79 Å². The third-order valence-corrected chi connectivity index (χ3v) is 3.08. The van der Waals surface area contributed by atoms with Gasteiger partial charge >= 0.3 is 12.0 Å². The van der Waals surface area contributed by atoms with Gasteiger partial charge in [0.1, 0.15) is 6.04 Å². The number of primary amides is 1. The minimum atomic E-state index is -1.18. The van der Waals surface area contributed by atoms with Gasteiger partial charge in [-0.15, -0.1) is 0 Å². The van der Waals surface area contributed by atoms with Crippen molar-refractivity contribution >= 4 is 17.9 Å². The summed E-state index contributed by atoms with van der Waals surface area (Å²) in [6.07, 6.45) is 2.83. The molecule has 0 saturated heterocycles. The molecule has 0 aliphatic heterocycles. The highest BCUT2D eigenvalue weighted by Gasteiger charge is 2.21. The fourth-order valence-corrected chi connectivity index (χ4v) is 1.87. The van der Waals surface area contributed by atoms with Gasteiger partial charge in [-0.05, 0) is 25.7 Å². The number of carboxylic acids is 1. The molecule has 0 aliphatic carbocycles. The normalized spacial score (nSPS) is 13.5. The van der Waals surface area contributed by atoms with Crippen LogP contribution in [0.15, 0.2) is 0 Å². The van der Waals surface area contributed by atoms with Crippen molar-refractivity contribution in [1.29, 1.82) is 0 Å². The first-order valence-corrected chi connectivity index (χ1v) is 7.30. The van der Waals surface area contributed by atoms with E-state index in [9.17, 15) is 14.4 Å². The first-order valence-electron chi connectivity index (χ1n) is 7.30. The van der Waals surface area contributed by atoms with Crippen molar-refractivity contribution < 1.29 is 19.5 Å². The van der Waals surface area contributed by atoms with Crippen LogP contribution in [-0.4, -0.2) is 35.1 Å². The fourth-order valence-electron chi connectivity index (χ4n) is 1.87. The Balaban J connectivity index is 4.12. The van der Waals surface area contributed by atoms with E-state index in [2.05, 4.69) is 24.5 Å². The molecule has 0 saturated carbocycles. The van der Waals surface area contributed by atoms with Gasteiger partial charge in [0.05, 0.1) is 0 Å². The average molecular weight is 301 g/mol. The number of carbonyl (C=O) groups excluding carboxylic acids is 2. The standard InChI is InChI=1S/C14H27N3O4/c1-9(2)5-4-6-10(3)16-14(21)17-11(13(19)20)7-8-12(15)18/h9-11H,4-8H2,1-3H3,(H2,15,18)(H,19,20)(H2,16,17,21)/t10?,11-/m0/s1.